The summed E-state index contributed by atoms with van der Waals surface area (Å²) < 4.78 is 13.1. The first-order valence-corrected chi connectivity index (χ1v) is 4.87. The summed E-state index contributed by atoms with van der Waals surface area (Å²) in [6, 6.07) is 1.24. The molecule has 0 radical (unpaired) electrons. The van der Waals surface area contributed by atoms with E-state index in [2.05, 4.69) is 15.6 Å². The van der Waals surface area contributed by atoms with E-state index in [0.717, 1.165) is 13.1 Å². The molecule has 1 aromatic heterocycles. The zero-order valence-electron chi connectivity index (χ0n) is 7.98. The van der Waals surface area contributed by atoms with Crippen LogP contribution in [0.5, 0.6) is 0 Å². The average Bonchev–Trinajstić information content (AvgIpc) is 2.15. The fourth-order valence-electron chi connectivity index (χ4n) is 0.991. The Hall–Kier alpha value is -0.870. The van der Waals surface area contributed by atoms with Crippen molar-refractivity contribution in [2.75, 3.05) is 25.0 Å². The van der Waals surface area contributed by atoms with E-state index in [0.29, 0.717) is 11.6 Å². The van der Waals surface area contributed by atoms with Crippen LogP contribution >= 0.6 is 11.6 Å². The number of nitrogens with zero attached hydrogens (tertiary/aromatic N) is 1. The number of anilines is 1. The van der Waals surface area contributed by atoms with Gasteiger partial charge < -0.3 is 10.6 Å². The molecule has 1 rings (SSSR count). The molecular formula is C9H13ClFN3. The molecule has 5 heteroatoms. The third kappa shape index (κ3) is 3.47. The first-order valence-electron chi connectivity index (χ1n) is 4.49. The SMILES string of the molecule is CCNCCNc1ncc(Cl)cc1F. The Morgan fingerprint density at radius 1 is 1.50 bits per heavy atom. The van der Waals surface area contributed by atoms with E-state index < -0.39 is 5.82 Å². The molecule has 0 aromatic carbocycles. The van der Waals surface area contributed by atoms with Gasteiger partial charge in [0.05, 0.1) is 5.02 Å². The Morgan fingerprint density at radius 3 is 2.93 bits per heavy atom. The largest absolute Gasteiger partial charge is 0.366 e. The highest BCUT2D eigenvalue weighted by Gasteiger charge is 2.02. The van der Waals surface area contributed by atoms with Crippen LogP contribution in [0.15, 0.2) is 12.3 Å². The molecule has 0 atom stereocenters. The molecule has 0 amide bonds. The highest BCUT2D eigenvalue weighted by atomic mass is 35.5. The van der Waals surface area contributed by atoms with Crippen LogP contribution < -0.4 is 10.6 Å². The van der Waals surface area contributed by atoms with Gasteiger partial charge in [0.15, 0.2) is 11.6 Å². The Kier molecular flexibility index (Phi) is 4.62. The molecule has 0 aliphatic rings. The lowest BCUT2D eigenvalue weighted by atomic mass is 10.4. The van der Waals surface area contributed by atoms with Gasteiger partial charge in [0, 0.05) is 19.3 Å². The van der Waals surface area contributed by atoms with Crippen molar-refractivity contribution in [2.24, 2.45) is 0 Å². The monoisotopic (exact) mass is 217 g/mol. The number of hydrogen-bond acceptors (Lipinski definition) is 3. The average molecular weight is 218 g/mol. The first-order chi connectivity index (χ1) is 6.74. The van der Waals surface area contributed by atoms with Crippen LogP contribution in [0.4, 0.5) is 10.2 Å². The van der Waals surface area contributed by atoms with E-state index >= 15 is 0 Å². The first kappa shape index (κ1) is 11.2. The second kappa shape index (κ2) is 5.78. The molecule has 0 saturated carbocycles. The zero-order chi connectivity index (χ0) is 10.4. The Labute approximate surface area is 87.7 Å². The number of likely N-dealkylation sites (N-methyl/N-ethyl adjacent to an activating group) is 1. The van der Waals surface area contributed by atoms with Crippen molar-refractivity contribution in [1.29, 1.82) is 0 Å². The van der Waals surface area contributed by atoms with Crippen LogP contribution in [-0.4, -0.2) is 24.6 Å². The Balaban J connectivity index is 2.42. The predicted octanol–water partition coefficient (Wildman–Crippen LogP) is 1.90. The summed E-state index contributed by atoms with van der Waals surface area (Å²) in [5, 5.41) is 6.28. The van der Waals surface area contributed by atoms with Crippen molar-refractivity contribution in [3.63, 3.8) is 0 Å². The van der Waals surface area contributed by atoms with E-state index in [1.165, 1.54) is 12.3 Å². The third-order valence-electron chi connectivity index (χ3n) is 1.65. The summed E-state index contributed by atoms with van der Waals surface area (Å²) in [4.78, 5) is 3.83. The molecule has 1 heterocycles. The minimum atomic E-state index is -0.422. The lowest BCUT2D eigenvalue weighted by Gasteiger charge is -2.06. The number of nitrogens with one attached hydrogen (secondary N) is 2. The molecule has 0 fully saturated rings. The number of halogens is 2. The van der Waals surface area contributed by atoms with Crippen molar-refractivity contribution >= 4 is 17.4 Å². The fourth-order valence-corrected chi connectivity index (χ4v) is 1.14. The summed E-state index contributed by atoms with van der Waals surface area (Å²) in [6.45, 7) is 4.33. The summed E-state index contributed by atoms with van der Waals surface area (Å²) in [5.41, 5.74) is 0. The van der Waals surface area contributed by atoms with E-state index in [1.807, 2.05) is 6.92 Å². The van der Waals surface area contributed by atoms with Crippen LogP contribution in [0, 0.1) is 5.82 Å². The molecule has 0 unspecified atom stereocenters. The smallest absolute Gasteiger partial charge is 0.166 e. The Morgan fingerprint density at radius 2 is 2.29 bits per heavy atom. The highest BCUT2D eigenvalue weighted by molar-refractivity contribution is 6.30. The molecule has 0 saturated heterocycles. The van der Waals surface area contributed by atoms with Gasteiger partial charge in [0.2, 0.25) is 0 Å². The quantitative estimate of drug-likeness (QED) is 0.740. The number of pyridine rings is 1. The third-order valence-corrected chi connectivity index (χ3v) is 1.86. The molecule has 0 aliphatic heterocycles. The van der Waals surface area contributed by atoms with Gasteiger partial charge in [-0.25, -0.2) is 9.37 Å². The van der Waals surface area contributed by atoms with Crippen LogP contribution in [-0.2, 0) is 0 Å². The molecular weight excluding hydrogens is 205 g/mol. The van der Waals surface area contributed by atoms with Crippen LogP contribution in [0.1, 0.15) is 6.92 Å². The van der Waals surface area contributed by atoms with Gasteiger partial charge in [-0.05, 0) is 12.6 Å². The molecule has 78 valence electrons. The van der Waals surface area contributed by atoms with Crippen LogP contribution in [0.3, 0.4) is 0 Å². The lowest BCUT2D eigenvalue weighted by Crippen LogP contribution is -2.22. The molecule has 0 aliphatic carbocycles. The lowest BCUT2D eigenvalue weighted by molar-refractivity contribution is 0.623. The zero-order valence-corrected chi connectivity index (χ0v) is 8.74. The second-order valence-electron chi connectivity index (χ2n) is 2.76. The Bertz CT molecular complexity index is 293. The van der Waals surface area contributed by atoms with Crippen molar-refractivity contribution in [2.45, 2.75) is 6.92 Å². The normalized spacial score (nSPS) is 10.2. The predicted molar refractivity (Wildman–Crippen MR) is 56.2 cm³/mol. The van der Waals surface area contributed by atoms with Crippen molar-refractivity contribution < 1.29 is 4.39 Å². The minimum absolute atomic E-state index is 0.243. The van der Waals surface area contributed by atoms with Gasteiger partial charge in [-0.1, -0.05) is 18.5 Å². The minimum Gasteiger partial charge on any atom is -0.366 e. The fraction of sp³-hybridized carbons (Fsp3) is 0.444. The number of rotatable bonds is 5. The van der Waals surface area contributed by atoms with E-state index in [-0.39, 0.29) is 5.82 Å². The maximum atomic E-state index is 13.1. The van der Waals surface area contributed by atoms with Crippen molar-refractivity contribution in [1.82, 2.24) is 10.3 Å². The van der Waals surface area contributed by atoms with Gasteiger partial charge in [0.1, 0.15) is 0 Å². The van der Waals surface area contributed by atoms with E-state index in [1.54, 1.807) is 0 Å². The maximum absolute atomic E-state index is 13.1. The van der Waals surface area contributed by atoms with Crippen LogP contribution in [0.25, 0.3) is 0 Å². The van der Waals surface area contributed by atoms with Gasteiger partial charge in [0.25, 0.3) is 0 Å². The molecule has 1 aromatic rings. The molecule has 3 nitrogen and oxygen atoms in total. The number of hydrogen-bond donors (Lipinski definition) is 2. The van der Waals surface area contributed by atoms with E-state index in [4.69, 9.17) is 11.6 Å². The number of aromatic nitrogens is 1. The van der Waals surface area contributed by atoms with Gasteiger partial charge in [-0.15, -0.1) is 0 Å². The summed E-state index contributed by atoms with van der Waals surface area (Å²) in [7, 11) is 0. The topological polar surface area (TPSA) is 37.0 Å². The van der Waals surface area contributed by atoms with Crippen molar-refractivity contribution in [3.05, 3.63) is 23.1 Å². The van der Waals surface area contributed by atoms with Crippen molar-refractivity contribution in [3.8, 4) is 0 Å². The summed E-state index contributed by atoms with van der Waals surface area (Å²) in [6.07, 6.45) is 1.42. The van der Waals surface area contributed by atoms with Crippen LogP contribution in [0.2, 0.25) is 5.02 Å². The highest BCUT2D eigenvalue weighted by Crippen LogP contribution is 2.14. The summed E-state index contributed by atoms with van der Waals surface area (Å²) in [5.74, 6) is -0.179. The molecule has 0 bridgehead atoms. The van der Waals surface area contributed by atoms with Gasteiger partial charge in [-0.3, -0.25) is 0 Å². The van der Waals surface area contributed by atoms with Gasteiger partial charge in [-0.2, -0.15) is 0 Å². The standard InChI is InChI=1S/C9H13ClFN3/c1-2-12-3-4-13-9-8(11)5-7(10)6-14-9/h5-6,12H,2-4H2,1H3,(H,13,14). The van der Waals surface area contributed by atoms with E-state index in [9.17, 15) is 4.39 Å². The van der Waals surface area contributed by atoms with Gasteiger partial charge >= 0.3 is 0 Å². The second-order valence-corrected chi connectivity index (χ2v) is 3.20. The molecule has 0 spiro atoms. The molecule has 2 N–H and O–H groups in total. The summed E-state index contributed by atoms with van der Waals surface area (Å²) >= 11 is 5.56. The maximum Gasteiger partial charge on any atom is 0.166 e. The molecule has 14 heavy (non-hydrogen) atoms.